The lowest BCUT2D eigenvalue weighted by molar-refractivity contribution is 0.226. The summed E-state index contributed by atoms with van der Waals surface area (Å²) in [4.78, 5) is 9.87. The van der Waals surface area contributed by atoms with Gasteiger partial charge in [-0.15, -0.1) is 0 Å². The molecule has 0 aliphatic carbocycles. The third-order valence-electron chi connectivity index (χ3n) is 10.6. The van der Waals surface area contributed by atoms with Crippen LogP contribution >= 0.6 is 0 Å². The van der Waals surface area contributed by atoms with Crippen molar-refractivity contribution < 1.29 is 0 Å². The number of unbranched alkanes of at least 4 members (excludes halogenated alkanes) is 28. The maximum atomic E-state index is 4.56. The van der Waals surface area contributed by atoms with Gasteiger partial charge in [-0.1, -0.05) is 207 Å². The van der Waals surface area contributed by atoms with Crippen molar-refractivity contribution in [1.82, 2.24) is 9.80 Å². The molecule has 0 radical (unpaired) electrons. The van der Waals surface area contributed by atoms with Gasteiger partial charge in [0.2, 0.25) is 0 Å². The number of nitrogens with zero attached hydrogens (tertiary/aromatic N) is 3. The Morgan fingerprint density at radius 3 is 1.20 bits per heavy atom. The third-order valence-corrected chi connectivity index (χ3v) is 10.6. The van der Waals surface area contributed by atoms with E-state index in [1.807, 2.05) is 0 Å². The summed E-state index contributed by atoms with van der Waals surface area (Å²) < 4.78 is 0. The maximum absolute atomic E-state index is 4.56. The molecule has 0 spiro atoms. The molecule has 1 heterocycles. The quantitative estimate of drug-likeness (QED) is 0.0635. The summed E-state index contributed by atoms with van der Waals surface area (Å²) in [6.45, 7) is 12.9. The Bertz CT molecular complexity index is 590. The second-order valence-electron chi connectivity index (χ2n) is 14.8. The van der Waals surface area contributed by atoms with Gasteiger partial charge in [-0.3, -0.25) is 4.99 Å². The van der Waals surface area contributed by atoms with E-state index in [1.54, 1.807) is 0 Å². The van der Waals surface area contributed by atoms with Crippen LogP contribution in [0.25, 0.3) is 0 Å². The molecule has 0 N–H and O–H groups in total. The summed E-state index contributed by atoms with van der Waals surface area (Å²) >= 11 is 0. The molecular formula is C42H85N3. The summed E-state index contributed by atoms with van der Waals surface area (Å²) in [5.41, 5.74) is 0. The fourth-order valence-electron chi connectivity index (χ4n) is 7.36. The molecule has 0 aromatic carbocycles. The largest absolute Gasteiger partial charge is 0.358 e. The zero-order valence-corrected chi connectivity index (χ0v) is 31.7. The molecule has 268 valence electrons. The summed E-state index contributed by atoms with van der Waals surface area (Å²) in [5, 5.41) is 0. The van der Waals surface area contributed by atoms with E-state index in [4.69, 9.17) is 0 Å². The van der Waals surface area contributed by atoms with E-state index in [0.29, 0.717) is 6.04 Å². The lowest BCUT2D eigenvalue weighted by atomic mass is 10.0. The Morgan fingerprint density at radius 1 is 0.467 bits per heavy atom. The van der Waals surface area contributed by atoms with Crippen LogP contribution in [0.3, 0.4) is 0 Å². The summed E-state index contributed by atoms with van der Waals surface area (Å²) in [6, 6.07) is 0.702. The Morgan fingerprint density at radius 2 is 0.844 bits per heavy atom. The predicted molar refractivity (Wildman–Crippen MR) is 205 cm³/mol. The van der Waals surface area contributed by atoms with Gasteiger partial charge in [0.25, 0.3) is 0 Å². The summed E-state index contributed by atoms with van der Waals surface area (Å²) in [6.07, 6.45) is 48.3. The molecular weight excluding hydrogens is 546 g/mol. The molecule has 3 heteroatoms. The minimum absolute atomic E-state index is 0.702. The van der Waals surface area contributed by atoms with Gasteiger partial charge in [-0.2, -0.15) is 0 Å². The number of hydrogen-bond acceptors (Lipinski definition) is 3. The first-order valence-electron chi connectivity index (χ1n) is 21.3. The first-order valence-corrected chi connectivity index (χ1v) is 21.3. The van der Waals surface area contributed by atoms with E-state index in [1.165, 1.54) is 225 Å². The van der Waals surface area contributed by atoms with E-state index in [9.17, 15) is 0 Å². The van der Waals surface area contributed by atoms with Gasteiger partial charge < -0.3 is 9.80 Å². The second-order valence-corrected chi connectivity index (χ2v) is 14.8. The molecule has 0 bridgehead atoms. The highest BCUT2D eigenvalue weighted by molar-refractivity contribution is 5.57. The van der Waals surface area contributed by atoms with Gasteiger partial charge in [0.1, 0.15) is 0 Å². The zero-order chi connectivity index (χ0) is 32.3. The topological polar surface area (TPSA) is 18.8 Å². The average Bonchev–Trinajstić information content (AvgIpc) is 3.60. The van der Waals surface area contributed by atoms with Crippen LogP contribution in [0.2, 0.25) is 0 Å². The minimum atomic E-state index is 0.702. The number of aliphatic imine (C=N–C) groups is 1. The maximum Gasteiger partial charge on any atom is 0.0853 e. The summed E-state index contributed by atoms with van der Waals surface area (Å²) in [7, 11) is 0. The average molecular weight is 632 g/mol. The first kappa shape index (κ1) is 42.5. The highest BCUT2D eigenvalue weighted by Gasteiger charge is 2.19. The molecule has 45 heavy (non-hydrogen) atoms. The van der Waals surface area contributed by atoms with Crippen molar-refractivity contribution in [2.45, 2.75) is 232 Å². The molecule has 1 aliphatic rings. The summed E-state index contributed by atoms with van der Waals surface area (Å²) in [5.74, 6) is 0. The molecule has 0 amide bonds. The molecule has 1 aliphatic heterocycles. The van der Waals surface area contributed by atoms with Gasteiger partial charge in [0.15, 0.2) is 0 Å². The fraction of sp³-hybridized carbons (Fsp3) is 0.976. The highest BCUT2D eigenvalue weighted by atomic mass is 15.2. The Balaban J connectivity index is 2.00. The first-order chi connectivity index (χ1) is 22.3. The van der Waals surface area contributed by atoms with Gasteiger partial charge >= 0.3 is 0 Å². The van der Waals surface area contributed by atoms with Gasteiger partial charge in [-0.25, -0.2) is 0 Å². The molecule has 1 rings (SSSR count). The van der Waals surface area contributed by atoms with Crippen molar-refractivity contribution in [3.8, 4) is 0 Å². The predicted octanol–water partition coefficient (Wildman–Crippen LogP) is 13.5. The number of hydrogen-bond donors (Lipinski definition) is 0. The van der Waals surface area contributed by atoms with Crippen LogP contribution in [0.4, 0.5) is 0 Å². The van der Waals surface area contributed by atoms with E-state index in [-0.39, 0.29) is 0 Å². The smallest absolute Gasteiger partial charge is 0.0853 e. The van der Waals surface area contributed by atoms with E-state index < -0.39 is 0 Å². The molecule has 3 nitrogen and oxygen atoms in total. The molecule has 0 saturated heterocycles. The van der Waals surface area contributed by atoms with Gasteiger partial charge in [0.05, 0.1) is 12.9 Å². The van der Waals surface area contributed by atoms with Crippen molar-refractivity contribution in [3.05, 3.63) is 0 Å². The third kappa shape index (κ3) is 28.2. The van der Waals surface area contributed by atoms with E-state index >= 15 is 0 Å². The lowest BCUT2D eigenvalue weighted by Gasteiger charge is -2.30. The SMILES string of the molecule is CCCCCCCCCCCCCCCCCC(CCN(CC)CCCCCCCCCCCCCCCCC)N1C=NCC1. The lowest BCUT2D eigenvalue weighted by Crippen LogP contribution is -2.37. The van der Waals surface area contributed by atoms with Crippen LogP contribution in [0, 0.1) is 0 Å². The van der Waals surface area contributed by atoms with Crippen molar-refractivity contribution in [1.29, 1.82) is 0 Å². The van der Waals surface area contributed by atoms with Crippen LogP contribution in [0.5, 0.6) is 0 Å². The molecule has 0 fully saturated rings. The Hall–Kier alpha value is -0.570. The van der Waals surface area contributed by atoms with Crippen molar-refractivity contribution in [2.75, 3.05) is 32.7 Å². The van der Waals surface area contributed by atoms with Crippen LogP contribution in [-0.2, 0) is 0 Å². The number of rotatable bonds is 37. The van der Waals surface area contributed by atoms with Crippen molar-refractivity contribution >= 4 is 6.34 Å². The fourth-order valence-corrected chi connectivity index (χ4v) is 7.36. The van der Waals surface area contributed by atoms with Crippen LogP contribution in [0.1, 0.15) is 226 Å². The normalized spacial score (nSPS) is 13.9. The Kier molecular flexibility index (Phi) is 32.8. The van der Waals surface area contributed by atoms with Crippen LogP contribution in [-0.4, -0.2) is 54.9 Å². The van der Waals surface area contributed by atoms with Crippen LogP contribution < -0.4 is 0 Å². The monoisotopic (exact) mass is 632 g/mol. The van der Waals surface area contributed by atoms with E-state index in [0.717, 1.165) is 13.1 Å². The zero-order valence-electron chi connectivity index (χ0n) is 31.7. The van der Waals surface area contributed by atoms with Crippen molar-refractivity contribution in [3.63, 3.8) is 0 Å². The van der Waals surface area contributed by atoms with Crippen LogP contribution in [0.15, 0.2) is 4.99 Å². The Labute approximate surface area is 285 Å². The molecule has 0 aromatic rings. The minimum Gasteiger partial charge on any atom is -0.358 e. The van der Waals surface area contributed by atoms with Crippen molar-refractivity contribution in [2.24, 2.45) is 4.99 Å². The molecule has 1 atom stereocenters. The van der Waals surface area contributed by atoms with Gasteiger partial charge in [-0.05, 0) is 32.4 Å². The molecule has 1 unspecified atom stereocenters. The standard InChI is InChI=1S/C42H85N3/c1-4-7-9-11-13-15-17-19-21-23-25-27-29-31-33-35-42(45-40-37-43-41-45)36-39-44(6-3)38-34-32-30-28-26-24-22-20-18-16-14-12-10-8-5-2/h41-42H,4-40H2,1-3H3. The second kappa shape index (κ2) is 34.8. The highest BCUT2D eigenvalue weighted by Crippen LogP contribution is 2.19. The van der Waals surface area contributed by atoms with E-state index in [2.05, 4.69) is 41.9 Å². The molecule has 0 saturated carbocycles. The van der Waals surface area contributed by atoms with Gasteiger partial charge in [0, 0.05) is 19.1 Å². The molecule has 0 aromatic heterocycles.